The van der Waals surface area contributed by atoms with E-state index in [9.17, 15) is 13.2 Å². The molecule has 2 fully saturated rings. The van der Waals surface area contributed by atoms with Gasteiger partial charge in [0.25, 0.3) is 0 Å². The van der Waals surface area contributed by atoms with E-state index in [1.165, 1.54) is 6.26 Å². The molecule has 6 heteroatoms. The van der Waals surface area contributed by atoms with Crippen molar-refractivity contribution in [2.75, 3.05) is 31.6 Å². The molecular weight excluding hydrogens is 300 g/mol. The van der Waals surface area contributed by atoms with E-state index in [-0.39, 0.29) is 29.7 Å². The van der Waals surface area contributed by atoms with Gasteiger partial charge in [-0.05, 0) is 45.7 Å². The standard InChI is InChI=1S/C16H26N2O3S/c1-4-9-17-10-7-14(8-11-17)16(19)18(15-5-6-15)13(2)12-22(3,20)21/h1,13-15H,5-12H2,2-3H3/t13-/m0/s1. The molecule has 0 aromatic heterocycles. The van der Waals surface area contributed by atoms with Crippen molar-refractivity contribution in [1.29, 1.82) is 0 Å². The number of hydrogen-bond donors (Lipinski definition) is 0. The summed E-state index contributed by atoms with van der Waals surface area (Å²) in [6.07, 6.45) is 10.2. The van der Waals surface area contributed by atoms with Crippen LogP contribution in [0.15, 0.2) is 0 Å². The number of carbonyl (C=O) groups excluding carboxylic acids is 1. The lowest BCUT2D eigenvalue weighted by Crippen LogP contribution is -2.48. The highest BCUT2D eigenvalue weighted by Crippen LogP contribution is 2.32. The first-order chi connectivity index (χ1) is 10.3. The number of amides is 1. The van der Waals surface area contributed by atoms with Gasteiger partial charge in [-0.15, -0.1) is 6.42 Å². The fourth-order valence-electron chi connectivity index (χ4n) is 3.31. The van der Waals surface area contributed by atoms with Crippen molar-refractivity contribution in [3.63, 3.8) is 0 Å². The van der Waals surface area contributed by atoms with E-state index in [2.05, 4.69) is 10.8 Å². The smallest absolute Gasteiger partial charge is 0.226 e. The number of carbonyl (C=O) groups is 1. The van der Waals surface area contributed by atoms with Gasteiger partial charge >= 0.3 is 0 Å². The number of rotatable bonds is 6. The number of sulfone groups is 1. The van der Waals surface area contributed by atoms with E-state index in [1.807, 2.05) is 11.8 Å². The Morgan fingerprint density at radius 2 is 1.91 bits per heavy atom. The van der Waals surface area contributed by atoms with Gasteiger partial charge in [-0.25, -0.2) is 8.42 Å². The van der Waals surface area contributed by atoms with Crippen LogP contribution in [0.5, 0.6) is 0 Å². The monoisotopic (exact) mass is 326 g/mol. The molecule has 2 rings (SSSR count). The summed E-state index contributed by atoms with van der Waals surface area (Å²) >= 11 is 0. The Balaban J connectivity index is 1.98. The predicted molar refractivity (Wildman–Crippen MR) is 87.0 cm³/mol. The molecule has 0 aromatic carbocycles. The molecule has 1 saturated carbocycles. The van der Waals surface area contributed by atoms with Crippen LogP contribution in [0, 0.1) is 18.3 Å². The Kier molecular flexibility index (Phi) is 5.51. The Labute approximate surface area is 134 Å². The second kappa shape index (κ2) is 7.01. The predicted octanol–water partition coefficient (Wildman–Crippen LogP) is 0.756. The summed E-state index contributed by atoms with van der Waals surface area (Å²) in [6.45, 7) is 4.18. The van der Waals surface area contributed by atoms with Gasteiger partial charge in [0.05, 0.1) is 12.3 Å². The van der Waals surface area contributed by atoms with Crippen molar-refractivity contribution < 1.29 is 13.2 Å². The lowest BCUT2D eigenvalue weighted by atomic mass is 9.94. The van der Waals surface area contributed by atoms with Crippen LogP contribution >= 0.6 is 0 Å². The number of nitrogens with zero attached hydrogens (tertiary/aromatic N) is 2. The zero-order valence-electron chi connectivity index (χ0n) is 13.5. The van der Waals surface area contributed by atoms with Gasteiger partial charge in [0, 0.05) is 24.3 Å². The molecule has 1 amide bonds. The van der Waals surface area contributed by atoms with Crippen LogP contribution in [0.2, 0.25) is 0 Å². The summed E-state index contributed by atoms with van der Waals surface area (Å²) in [5, 5.41) is 0. The van der Waals surface area contributed by atoms with Crippen molar-refractivity contribution in [2.45, 2.75) is 44.7 Å². The van der Waals surface area contributed by atoms with Gasteiger partial charge in [0.1, 0.15) is 9.84 Å². The first-order valence-electron chi connectivity index (χ1n) is 7.97. The van der Waals surface area contributed by atoms with Gasteiger partial charge < -0.3 is 4.90 Å². The summed E-state index contributed by atoms with van der Waals surface area (Å²) in [4.78, 5) is 16.9. The maximum absolute atomic E-state index is 12.8. The molecule has 0 aromatic rings. The molecule has 5 nitrogen and oxygen atoms in total. The summed E-state index contributed by atoms with van der Waals surface area (Å²) < 4.78 is 23.1. The van der Waals surface area contributed by atoms with E-state index in [0.717, 1.165) is 38.8 Å². The first-order valence-corrected chi connectivity index (χ1v) is 10.0. The zero-order chi connectivity index (χ0) is 16.3. The van der Waals surface area contributed by atoms with E-state index in [1.54, 1.807) is 0 Å². The third-order valence-corrected chi connectivity index (χ3v) is 5.55. The molecule has 2 aliphatic rings. The zero-order valence-corrected chi connectivity index (χ0v) is 14.3. The Morgan fingerprint density at radius 1 is 1.32 bits per heavy atom. The van der Waals surface area contributed by atoms with Crippen molar-refractivity contribution in [1.82, 2.24) is 9.80 Å². The van der Waals surface area contributed by atoms with Gasteiger partial charge in [0.15, 0.2) is 0 Å². The van der Waals surface area contributed by atoms with Gasteiger partial charge in [0.2, 0.25) is 5.91 Å². The molecule has 22 heavy (non-hydrogen) atoms. The van der Waals surface area contributed by atoms with E-state index >= 15 is 0 Å². The van der Waals surface area contributed by atoms with Gasteiger partial charge in [-0.3, -0.25) is 9.69 Å². The molecule has 0 spiro atoms. The lowest BCUT2D eigenvalue weighted by Gasteiger charge is -2.36. The normalized spacial score (nSPS) is 22.0. The van der Waals surface area contributed by atoms with Crippen molar-refractivity contribution in [2.24, 2.45) is 5.92 Å². The van der Waals surface area contributed by atoms with E-state index in [0.29, 0.717) is 6.54 Å². The van der Waals surface area contributed by atoms with E-state index < -0.39 is 9.84 Å². The molecule has 0 bridgehead atoms. The van der Waals surface area contributed by atoms with Crippen LogP contribution in [0.25, 0.3) is 0 Å². The quantitative estimate of drug-likeness (QED) is 0.676. The molecule has 1 aliphatic carbocycles. The fourth-order valence-corrected chi connectivity index (χ4v) is 4.34. The van der Waals surface area contributed by atoms with E-state index in [4.69, 9.17) is 6.42 Å². The Hall–Kier alpha value is -1.06. The number of hydrogen-bond acceptors (Lipinski definition) is 4. The summed E-state index contributed by atoms with van der Waals surface area (Å²) in [5.74, 6) is 2.84. The number of piperidine rings is 1. The van der Waals surface area contributed by atoms with Crippen LogP contribution in [-0.4, -0.2) is 67.9 Å². The second-order valence-electron chi connectivity index (χ2n) is 6.67. The molecule has 1 aliphatic heterocycles. The fraction of sp³-hybridized carbons (Fsp3) is 0.812. The van der Waals surface area contributed by atoms with Crippen LogP contribution in [0.3, 0.4) is 0 Å². The number of terminal acetylenes is 1. The van der Waals surface area contributed by atoms with Crippen LogP contribution in [0.1, 0.15) is 32.6 Å². The van der Waals surface area contributed by atoms with Crippen molar-refractivity contribution >= 4 is 15.7 Å². The SMILES string of the molecule is C#CCN1CCC(C(=O)N(C2CC2)[C@@H](C)CS(C)(=O)=O)CC1. The highest BCUT2D eigenvalue weighted by Gasteiger charge is 2.40. The van der Waals surface area contributed by atoms with Crippen LogP contribution < -0.4 is 0 Å². The highest BCUT2D eigenvalue weighted by atomic mass is 32.2. The molecular formula is C16H26N2O3S. The third-order valence-electron chi connectivity index (χ3n) is 4.47. The topological polar surface area (TPSA) is 57.7 Å². The van der Waals surface area contributed by atoms with Crippen LogP contribution in [-0.2, 0) is 14.6 Å². The molecule has 1 heterocycles. The summed E-state index contributed by atoms with van der Waals surface area (Å²) in [5.41, 5.74) is 0. The van der Waals surface area contributed by atoms with Crippen LogP contribution in [0.4, 0.5) is 0 Å². The second-order valence-corrected chi connectivity index (χ2v) is 8.86. The van der Waals surface area contributed by atoms with Crippen molar-refractivity contribution in [3.05, 3.63) is 0 Å². The largest absolute Gasteiger partial charge is 0.336 e. The average Bonchev–Trinajstić information content (AvgIpc) is 3.22. The summed E-state index contributed by atoms with van der Waals surface area (Å²) in [6, 6.07) is 0.00623. The maximum atomic E-state index is 12.8. The molecule has 124 valence electrons. The third kappa shape index (κ3) is 4.72. The maximum Gasteiger partial charge on any atom is 0.226 e. The van der Waals surface area contributed by atoms with Gasteiger partial charge in [-0.1, -0.05) is 5.92 Å². The Bertz CT molecular complexity index is 540. The minimum Gasteiger partial charge on any atom is -0.336 e. The van der Waals surface area contributed by atoms with Crippen molar-refractivity contribution in [3.8, 4) is 12.3 Å². The van der Waals surface area contributed by atoms with Gasteiger partial charge in [-0.2, -0.15) is 0 Å². The minimum absolute atomic E-state index is 0.0108. The molecule has 0 N–H and O–H groups in total. The molecule has 0 unspecified atom stereocenters. The average molecular weight is 326 g/mol. The molecule has 1 atom stereocenters. The number of likely N-dealkylation sites (tertiary alicyclic amines) is 1. The minimum atomic E-state index is -3.08. The molecule has 0 radical (unpaired) electrons. The highest BCUT2D eigenvalue weighted by molar-refractivity contribution is 7.90. The Morgan fingerprint density at radius 3 is 2.36 bits per heavy atom. The lowest BCUT2D eigenvalue weighted by molar-refractivity contribution is -0.139. The summed E-state index contributed by atoms with van der Waals surface area (Å²) in [7, 11) is -3.08. The first kappa shape index (κ1) is 17.3. The molecule has 1 saturated heterocycles.